The van der Waals surface area contributed by atoms with Gasteiger partial charge in [0.15, 0.2) is 0 Å². The molecule has 0 bridgehead atoms. The van der Waals surface area contributed by atoms with Crippen LogP contribution in [0.1, 0.15) is 19.8 Å². The predicted molar refractivity (Wildman–Crippen MR) is 73.4 cm³/mol. The number of anilines is 1. The summed E-state index contributed by atoms with van der Waals surface area (Å²) in [5.41, 5.74) is -0.185. The maximum Gasteiger partial charge on any atom is 0.244 e. The first-order valence-corrected chi connectivity index (χ1v) is 6.80. The van der Waals surface area contributed by atoms with Crippen molar-refractivity contribution >= 4 is 39.1 Å². The molecule has 1 aliphatic heterocycles. The third-order valence-corrected chi connectivity index (χ3v) is 4.04. The third-order valence-electron chi connectivity index (χ3n) is 3.12. The van der Waals surface area contributed by atoms with Crippen molar-refractivity contribution in [1.29, 1.82) is 0 Å². The first kappa shape index (κ1) is 13.8. The first-order valence-electron chi connectivity index (χ1n) is 5.63. The molecule has 2 N–H and O–H groups in total. The summed E-state index contributed by atoms with van der Waals surface area (Å²) in [6.07, 6.45) is 1.73. The van der Waals surface area contributed by atoms with E-state index in [0.29, 0.717) is 10.2 Å². The van der Waals surface area contributed by atoms with Crippen LogP contribution in [0, 0.1) is 5.82 Å². The highest BCUT2D eigenvalue weighted by Gasteiger charge is 2.36. The minimum absolute atomic E-state index is 0.158. The van der Waals surface area contributed by atoms with Crippen molar-refractivity contribution in [3.05, 3.63) is 27.4 Å². The molecule has 1 amide bonds. The first-order chi connectivity index (χ1) is 8.42. The van der Waals surface area contributed by atoms with E-state index in [2.05, 4.69) is 26.6 Å². The normalized spacial score (nSPS) is 23.1. The molecule has 1 unspecified atom stereocenters. The molecule has 0 spiro atoms. The second-order valence-corrected chi connectivity index (χ2v) is 5.82. The molecule has 1 saturated heterocycles. The fourth-order valence-corrected chi connectivity index (χ4v) is 2.90. The van der Waals surface area contributed by atoms with Gasteiger partial charge in [-0.3, -0.25) is 4.79 Å². The van der Waals surface area contributed by atoms with Gasteiger partial charge in [-0.15, -0.1) is 0 Å². The van der Waals surface area contributed by atoms with Crippen molar-refractivity contribution in [2.45, 2.75) is 25.3 Å². The van der Waals surface area contributed by atoms with E-state index in [9.17, 15) is 9.18 Å². The van der Waals surface area contributed by atoms with Crippen molar-refractivity contribution < 1.29 is 9.18 Å². The molecule has 0 aromatic heterocycles. The zero-order valence-corrected chi connectivity index (χ0v) is 12.2. The Balaban J connectivity index is 2.22. The summed E-state index contributed by atoms with van der Waals surface area (Å²) in [5.74, 6) is -0.607. The standard InChI is InChI=1S/C12H13BrClFN2O/c1-12(3-2-4-16-12)11(18)17-10-8(13)5-7(15)6-9(10)14/h5-6,16H,2-4H2,1H3,(H,17,18). The number of rotatable bonds is 2. The van der Waals surface area contributed by atoms with E-state index in [1.54, 1.807) is 0 Å². The van der Waals surface area contributed by atoms with Gasteiger partial charge in [0.1, 0.15) is 5.82 Å². The highest BCUT2D eigenvalue weighted by Crippen LogP contribution is 2.33. The summed E-state index contributed by atoms with van der Waals surface area (Å²) in [7, 11) is 0. The second kappa shape index (κ2) is 5.15. The van der Waals surface area contributed by atoms with Crippen molar-refractivity contribution in [1.82, 2.24) is 5.32 Å². The fraction of sp³-hybridized carbons (Fsp3) is 0.417. The molecule has 2 rings (SSSR count). The third kappa shape index (κ3) is 2.68. The van der Waals surface area contributed by atoms with E-state index < -0.39 is 11.4 Å². The van der Waals surface area contributed by atoms with E-state index in [1.165, 1.54) is 12.1 Å². The fourth-order valence-electron chi connectivity index (χ4n) is 2.00. The Morgan fingerprint density at radius 3 is 2.89 bits per heavy atom. The van der Waals surface area contributed by atoms with E-state index in [1.807, 2.05) is 6.92 Å². The molecule has 1 atom stereocenters. The Hall–Kier alpha value is -0.650. The quantitative estimate of drug-likeness (QED) is 0.870. The Kier molecular flexibility index (Phi) is 3.94. The predicted octanol–water partition coefficient (Wildman–Crippen LogP) is 3.32. The zero-order valence-electron chi connectivity index (χ0n) is 9.82. The number of halogens is 3. The lowest BCUT2D eigenvalue weighted by molar-refractivity contribution is -0.121. The summed E-state index contributed by atoms with van der Waals surface area (Å²) in [6, 6.07) is 2.44. The monoisotopic (exact) mass is 334 g/mol. The molecule has 1 heterocycles. The molecule has 18 heavy (non-hydrogen) atoms. The zero-order chi connectivity index (χ0) is 13.3. The molecule has 1 aromatic carbocycles. The van der Waals surface area contributed by atoms with Crippen LogP contribution in [-0.4, -0.2) is 18.0 Å². The summed E-state index contributed by atoms with van der Waals surface area (Å²) in [5, 5.41) is 6.08. The molecule has 0 aliphatic carbocycles. The number of hydrogen-bond donors (Lipinski definition) is 2. The van der Waals surface area contributed by atoms with Crippen molar-refractivity contribution in [3.8, 4) is 0 Å². The largest absolute Gasteiger partial charge is 0.322 e. The van der Waals surface area contributed by atoms with Crippen molar-refractivity contribution in [3.63, 3.8) is 0 Å². The maximum absolute atomic E-state index is 13.1. The smallest absolute Gasteiger partial charge is 0.244 e. The maximum atomic E-state index is 13.1. The minimum atomic E-state index is -0.586. The molecule has 1 fully saturated rings. The SMILES string of the molecule is CC1(C(=O)Nc2c(Cl)cc(F)cc2Br)CCCN1. The number of benzene rings is 1. The second-order valence-electron chi connectivity index (χ2n) is 4.56. The van der Waals surface area contributed by atoms with Gasteiger partial charge in [0, 0.05) is 4.47 Å². The highest BCUT2D eigenvalue weighted by atomic mass is 79.9. The Morgan fingerprint density at radius 2 is 2.33 bits per heavy atom. The summed E-state index contributed by atoms with van der Waals surface area (Å²) >= 11 is 9.12. The number of hydrogen-bond acceptors (Lipinski definition) is 2. The number of amides is 1. The van der Waals surface area contributed by atoms with Crippen molar-refractivity contribution in [2.24, 2.45) is 0 Å². The average molecular weight is 336 g/mol. The highest BCUT2D eigenvalue weighted by molar-refractivity contribution is 9.10. The molecule has 0 saturated carbocycles. The van der Waals surface area contributed by atoms with Gasteiger partial charge in [0.25, 0.3) is 0 Å². The van der Waals surface area contributed by atoms with E-state index >= 15 is 0 Å². The summed E-state index contributed by atoms with van der Waals surface area (Å²) in [6.45, 7) is 2.67. The van der Waals surface area contributed by atoms with Gasteiger partial charge in [-0.05, 0) is 54.4 Å². The van der Waals surface area contributed by atoms with Crippen LogP contribution in [-0.2, 0) is 4.79 Å². The van der Waals surface area contributed by atoms with Gasteiger partial charge >= 0.3 is 0 Å². The lowest BCUT2D eigenvalue weighted by atomic mass is 9.99. The van der Waals surface area contributed by atoms with Crippen LogP contribution in [0.2, 0.25) is 5.02 Å². The minimum Gasteiger partial charge on any atom is -0.322 e. The van der Waals surface area contributed by atoms with E-state index in [0.717, 1.165) is 19.4 Å². The van der Waals surface area contributed by atoms with Gasteiger partial charge in [-0.2, -0.15) is 0 Å². The Labute approximate surface area is 118 Å². The Morgan fingerprint density at radius 1 is 1.61 bits per heavy atom. The molecule has 98 valence electrons. The van der Waals surface area contributed by atoms with E-state index in [-0.39, 0.29) is 10.9 Å². The Bertz CT molecular complexity index is 466. The van der Waals surface area contributed by atoms with Crippen LogP contribution in [0.15, 0.2) is 16.6 Å². The molecular weight excluding hydrogens is 323 g/mol. The summed E-state index contributed by atoms with van der Waals surface area (Å²) < 4.78 is 13.5. The molecular formula is C12H13BrClFN2O. The summed E-state index contributed by atoms with van der Waals surface area (Å²) in [4.78, 5) is 12.2. The molecule has 1 aromatic rings. The van der Waals surface area contributed by atoms with Gasteiger partial charge in [0.05, 0.1) is 16.2 Å². The van der Waals surface area contributed by atoms with E-state index in [4.69, 9.17) is 11.6 Å². The van der Waals surface area contributed by atoms with Crippen molar-refractivity contribution in [2.75, 3.05) is 11.9 Å². The van der Waals surface area contributed by atoms with Gasteiger partial charge in [0.2, 0.25) is 5.91 Å². The lowest BCUT2D eigenvalue weighted by Crippen LogP contribution is -2.48. The number of carbonyl (C=O) groups excluding carboxylic acids is 1. The number of carbonyl (C=O) groups is 1. The van der Waals surface area contributed by atoms with Gasteiger partial charge < -0.3 is 10.6 Å². The van der Waals surface area contributed by atoms with Crippen LogP contribution < -0.4 is 10.6 Å². The molecule has 1 aliphatic rings. The molecule has 6 heteroatoms. The van der Waals surface area contributed by atoms with Gasteiger partial charge in [-0.25, -0.2) is 4.39 Å². The molecule has 3 nitrogen and oxygen atoms in total. The van der Waals surface area contributed by atoms with Crippen LogP contribution >= 0.6 is 27.5 Å². The average Bonchev–Trinajstić information content (AvgIpc) is 2.71. The van der Waals surface area contributed by atoms with Gasteiger partial charge in [-0.1, -0.05) is 11.6 Å². The topological polar surface area (TPSA) is 41.1 Å². The van der Waals surface area contributed by atoms with Crippen LogP contribution in [0.5, 0.6) is 0 Å². The van der Waals surface area contributed by atoms with Crippen LogP contribution in [0.3, 0.4) is 0 Å². The van der Waals surface area contributed by atoms with Crippen LogP contribution in [0.25, 0.3) is 0 Å². The molecule has 0 radical (unpaired) electrons. The van der Waals surface area contributed by atoms with Crippen LogP contribution in [0.4, 0.5) is 10.1 Å². The number of nitrogens with one attached hydrogen (secondary N) is 2. The lowest BCUT2D eigenvalue weighted by Gasteiger charge is -2.23.